The van der Waals surface area contributed by atoms with Crippen LogP contribution in [0.1, 0.15) is 16.8 Å². The van der Waals surface area contributed by atoms with Gasteiger partial charge in [-0.05, 0) is 51.3 Å². The van der Waals surface area contributed by atoms with Gasteiger partial charge in [0.15, 0.2) is 0 Å². The Hall–Kier alpha value is -2.33. The number of rotatable bonds is 7. The highest BCUT2D eigenvalue weighted by molar-refractivity contribution is 6.00. The molecule has 0 radical (unpaired) electrons. The summed E-state index contributed by atoms with van der Waals surface area (Å²) in [7, 11) is 4.06. The number of para-hydroxylation sites is 2. The van der Waals surface area contributed by atoms with E-state index in [2.05, 4.69) is 15.5 Å². The second kappa shape index (κ2) is 8.20. The van der Waals surface area contributed by atoms with Gasteiger partial charge in [0.1, 0.15) is 0 Å². The molecule has 0 aromatic heterocycles. The molecule has 2 N–H and O–H groups in total. The van der Waals surface area contributed by atoms with E-state index >= 15 is 0 Å². The second-order valence-corrected chi connectivity index (χ2v) is 5.45. The van der Waals surface area contributed by atoms with Crippen LogP contribution in [0.4, 0.5) is 11.4 Å². The van der Waals surface area contributed by atoms with Gasteiger partial charge in [-0.25, -0.2) is 0 Å². The van der Waals surface area contributed by atoms with Crippen LogP contribution in [0.15, 0.2) is 54.6 Å². The lowest BCUT2D eigenvalue weighted by Gasteiger charge is -2.13. The Morgan fingerprint density at radius 1 is 1.00 bits per heavy atom. The molecular weight excluding hydrogens is 274 g/mol. The number of carbonyl (C=O) groups is 1. The van der Waals surface area contributed by atoms with Gasteiger partial charge in [-0.3, -0.25) is 4.79 Å². The van der Waals surface area contributed by atoms with Gasteiger partial charge in [0.05, 0.1) is 11.3 Å². The van der Waals surface area contributed by atoms with Crippen LogP contribution >= 0.6 is 0 Å². The van der Waals surface area contributed by atoms with Crippen LogP contribution in [-0.2, 0) is 0 Å². The molecule has 116 valence electrons. The third kappa shape index (κ3) is 4.90. The second-order valence-electron chi connectivity index (χ2n) is 5.45. The zero-order chi connectivity index (χ0) is 15.8. The number of hydrogen-bond acceptors (Lipinski definition) is 3. The van der Waals surface area contributed by atoms with E-state index in [-0.39, 0.29) is 5.91 Å². The van der Waals surface area contributed by atoms with E-state index in [4.69, 9.17) is 0 Å². The SMILES string of the molecule is CN(C)CCCNC(=O)c1ccccc1Nc1ccccc1. The Morgan fingerprint density at radius 2 is 1.68 bits per heavy atom. The summed E-state index contributed by atoms with van der Waals surface area (Å²) >= 11 is 0. The number of amides is 1. The maximum Gasteiger partial charge on any atom is 0.253 e. The molecule has 22 heavy (non-hydrogen) atoms. The van der Waals surface area contributed by atoms with Crippen molar-refractivity contribution in [2.75, 3.05) is 32.5 Å². The lowest BCUT2D eigenvalue weighted by Crippen LogP contribution is -2.27. The first-order chi connectivity index (χ1) is 10.7. The Kier molecular flexibility index (Phi) is 5.98. The van der Waals surface area contributed by atoms with Crippen LogP contribution in [0.3, 0.4) is 0 Å². The molecule has 0 heterocycles. The minimum Gasteiger partial charge on any atom is -0.355 e. The number of anilines is 2. The molecule has 2 rings (SSSR count). The first kappa shape index (κ1) is 16.0. The molecule has 0 saturated heterocycles. The maximum atomic E-state index is 12.3. The van der Waals surface area contributed by atoms with E-state index in [0.29, 0.717) is 12.1 Å². The maximum absolute atomic E-state index is 12.3. The average Bonchev–Trinajstić information content (AvgIpc) is 2.53. The Balaban J connectivity index is 2.00. The minimum absolute atomic E-state index is 0.0437. The topological polar surface area (TPSA) is 44.4 Å². The van der Waals surface area contributed by atoms with E-state index < -0.39 is 0 Å². The van der Waals surface area contributed by atoms with Gasteiger partial charge in [0.2, 0.25) is 0 Å². The predicted octanol–water partition coefficient (Wildman–Crippen LogP) is 3.11. The van der Waals surface area contributed by atoms with Gasteiger partial charge >= 0.3 is 0 Å². The van der Waals surface area contributed by atoms with Crippen molar-refractivity contribution in [3.05, 3.63) is 60.2 Å². The lowest BCUT2D eigenvalue weighted by molar-refractivity contribution is 0.0953. The van der Waals surface area contributed by atoms with Crippen LogP contribution in [0.25, 0.3) is 0 Å². The summed E-state index contributed by atoms with van der Waals surface area (Å²) in [5.41, 5.74) is 2.45. The zero-order valence-corrected chi connectivity index (χ0v) is 13.2. The zero-order valence-electron chi connectivity index (χ0n) is 13.2. The highest BCUT2D eigenvalue weighted by Gasteiger charge is 2.10. The molecule has 0 bridgehead atoms. The summed E-state index contributed by atoms with van der Waals surface area (Å²) in [5.74, 6) is -0.0437. The van der Waals surface area contributed by atoms with Crippen molar-refractivity contribution < 1.29 is 4.79 Å². The van der Waals surface area contributed by atoms with E-state index in [1.54, 1.807) is 0 Å². The Labute approximate surface area is 132 Å². The smallest absolute Gasteiger partial charge is 0.253 e. The monoisotopic (exact) mass is 297 g/mol. The highest BCUT2D eigenvalue weighted by Crippen LogP contribution is 2.20. The first-order valence-corrected chi connectivity index (χ1v) is 7.51. The molecule has 0 spiro atoms. The van der Waals surface area contributed by atoms with Crippen molar-refractivity contribution in [2.45, 2.75) is 6.42 Å². The quantitative estimate of drug-likeness (QED) is 0.772. The summed E-state index contributed by atoms with van der Waals surface area (Å²) < 4.78 is 0. The van der Waals surface area contributed by atoms with Crippen molar-refractivity contribution in [2.24, 2.45) is 0 Å². The van der Waals surface area contributed by atoms with Crippen LogP contribution in [0.5, 0.6) is 0 Å². The Bertz CT molecular complexity index is 596. The summed E-state index contributed by atoms with van der Waals surface area (Å²) in [6, 6.07) is 17.4. The number of benzene rings is 2. The number of nitrogens with zero attached hydrogens (tertiary/aromatic N) is 1. The molecule has 0 fully saturated rings. The summed E-state index contributed by atoms with van der Waals surface area (Å²) in [6.45, 7) is 1.64. The summed E-state index contributed by atoms with van der Waals surface area (Å²) in [6.07, 6.45) is 0.938. The molecule has 4 heteroatoms. The van der Waals surface area contributed by atoms with E-state index in [9.17, 15) is 4.79 Å². The van der Waals surface area contributed by atoms with E-state index in [1.807, 2.05) is 68.7 Å². The molecule has 4 nitrogen and oxygen atoms in total. The van der Waals surface area contributed by atoms with Gasteiger partial charge in [-0.2, -0.15) is 0 Å². The van der Waals surface area contributed by atoms with Crippen LogP contribution in [0, 0.1) is 0 Å². The van der Waals surface area contributed by atoms with Crippen molar-refractivity contribution in [1.29, 1.82) is 0 Å². The van der Waals surface area contributed by atoms with Crippen LogP contribution < -0.4 is 10.6 Å². The standard InChI is InChI=1S/C18H23N3O/c1-21(2)14-8-13-19-18(22)16-11-6-7-12-17(16)20-15-9-4-3-5-10-15/h3-7,9-12,20H,8,13-14H2,1-2H3,(H,19,22). The molecule has 0 aliphatic carbocycles. The van der Waals surface area contributed by atoms with Crippen molar-refractivity contribution in [1.82, 2.24) is 10.2 Å². The fourth-order valence-electron chi connectivity index (χ4n) is 2.16. The fraction of sp³-hybridized carbons (Fsp3) is 0.278. The third-order valence-electron chi connectivity index (χ3n) is 3.29. The molecule has 0 unspecified atom stereocenters. The van der Waals surface area contributed by atoms with Gasteiger partial charge in [-0.1, -0.05) is 30.3 Å². The average molecular weight is 297 g/mol. The van der Waals surface area contributed by atoms with Crippen molar-refractivity contribution in [3.63, 3.8) is 0 Å². The summed E-state index contributed by atoms with van der Waals surface area (Å²) in [4.78, 5) is 14.4. The lowest BCUT2D eigenvalue weighted by atomic mass is 10.1. The van der Waals surface area contributed by atoms with E-state index in [1.165, 1.54) is 0 Å². The van der Waals surface area contributed by atoms with Crippen molar-refractivity contribution >= 4 is 17.3 Å². The molecule has 0 aliphatic heterocycles. The summed E-state index contributed by atoms with van der Waals surface area (Å²) in [5, 5.41) is 6.27. The molecular formula is C18H23N3O. The fourth-order valence-corrected chi connectivity index (χ4v) is 2.16. The number of carbonyl (C=O) groups excluding carboxylic acids is 1. The number of nitrogens with one attached hydrogen (secondary N) is 2. The third-order valence-corrected chi connectivity index (χ3v) is 3.29. The molecule has 0 atom stereocenters. The van der Waals surface area contributed by atoms with Gasteiger partial charge in [0, 0.05) is 12.2 Å². The van der Waals surface area contributed by atoms with Gasteiger partial charge in [-0.15, -0.1) is 0 Å². The largest absolute Gasteiger partial charge is 0.355 e. The molecule has 2 aromatic carbocycles. The van der Waals surface area contributed by atoms with Crippen LogP contribution in [-0.4, -0.2) is 38.0 Å². The molecule has 1 amide bonds. The first-order valence-electron chi connectivity index (χ1n) is 7.51. The Morgan fingerprint density at radius 3 is 2.41 bits per heavy atom. The highest BCUT2D eigenvalue weighted by atomic mass is 16.1. The molecule has 0 aliphatic rings. The van der Waals surface area contributed by atoms with Crippen molar-refractivity contribution in [3.8, 4) is 0 Å². The molecule has 0 saturated carbocycles. The minimum atomic E-state index is -0.0437. The normalized spacial score (nSPS) is 10.5. The van der Waals surface area contributed by atoms with Gasteiger partial charge in [0.25, 0.3) is 5.91 Å². The number of hydrogen-bond donors (Lipinski definition) is 2. The van der Waals surface area contributed by atoms with Crippen LogP contribution in [0.2, 0.25) is 0 Å². The van der Waals surface area contributed by atoms with E-state index in [0.717, 1.165) is 24.3 Å². The molecule has 2 aromatic rings. The predicted molar refractivity (Wildman–Crippen MR) is 91.7 cm³/mol. The van der Waals surface area contributed by atoms with Gasteiger partial charge < -0.3 is 15.5 Å².